The number of ether oxygens (including phenoxy) is 2. The van der Waals surface area contributed by atoms with Crippen LogP contribution in [0.25, 0.3) is 0 Å². The van der Waals surface area contributed by atoms with Crippen LogP contribution in [-0.4, -0.2) is 36.0 Å². The molecule has 1 aromatic carbocycles. The highest BCUT2D eigenvalue weighted by molar-refractivity contribution is 5.29. The van der Waals surface area contributed by atoms with Gasteiger partial charge in [0.15, 0.2) is 0 Å². The van der Waals surface area contributed by atoms with Crippen molar-refractivity contribution in [1.29, 1.82) is 0 Å². The maximum Gasteiger partial charge on any atom is 0.119 e. The van der Waals surface area contributed by atoms with Gasteiger partial charge in [0.1, 0.15) is 5.75 Å². The molecule has 0 spiro atoms. The van der Waals surface area contributed by atoms with Crippen molar-refractivity contribution in [2.24, 2.45) is 0 Å². The van der Waals surface area contributed by atoms with Crippen LogP contribution in [-0.2, 0) is 4.74 Å². The van der Waals surface area contributed by atoms with Crippen LogP contribution in [0.5, 0.6) is 5.75 Å². The Morgan fingerprint density at radius 2 is 2.10 bits per heavy atom. The summed E-state index contributed by atoms with van der Waals surface area (Å²) in [6.45, 7) is 8.90. The fraction of sp³-hybridized carbons (Fsp3) is 0.647. The van der Waals surface area contributed by atoms with Gasteiger partial charge in [-0.05, 0) is 51.8 Å². The maximum atomic E-state index is 10.3. The molecule has 0 radical (unpaired) electrons. The summed E-state index contributed by atoms with van der Waals surface area (Å²) in [5.41, 5.74) is 0.512. The molecule has 0 unspecified atom stereocenters. The summed E-state index contributed by atoms with van der Waals surface area (Å²) in [5, 5.41) is 13.8. The average molecular weight is 293 g/mol. The quantitative estimate of drug-likeness (QED) is 0.876. The van der Waals surface area contributed by atoms with Crippen molar-refractivity contribution in [3.05, 3.63) is 29.8 Å². The number of aliphatic hydroxyl groups excluding tert-OH is 1. The summed E-state index contributed by atoms with van der Waals surface area (Å²) >= 11 is 0. The van der Waals surface area contributed by atoms with E-state index in [4.69, 9.17) is 9.47 Å². The number of hydrogen-bond donors (Lipinski definition) is 2. The van der Waals surface area contributed by atoms with Crippen molar-refractivity contribution < 1.29 is 14.6 Å². The summed E-state index contributed by atoms with van der Waals surface area (Å²) in [6, 6.07) is 7.78. The van der Waals surface area contributed by atoms with E-state index in [2.05, 4.69) is 33.0 Å². The van der Waals surface area contributed by atoms with Crippen LogP contribution in [0.4, 0.5) is 0 Å². The molecule has 0 aromatic heterocycles. The van der Waals surface area contributed by atoms with Crippen molar-refractivity contribution in [3.63, 3.8) is 0 Å². The Balaban J connectivity index is 1.96. The Labute approximate surface area is 127 Å². The summed E-state index contributed by atoms with van der Waals surface area (Å²) in [6.07, 6.45) is 0.379. The monoisotopic (exact) mass is 293 g/mol. The first-order chi connectivity index (χ1) is 9.73. The van der Waals surface area contributed by atoms with Crippen LogP contribution in [0.15, 0.2) is 24.3 Å². The number of benzene rings is 1. The van der Waals surface area contributed by atoms with Gasteiger partial charge in [-0.1, -0.05) is 12.1 Å². The van der Waals surface area contributed by atoms with E-state index in [-0.39, 0.29) is 17.2 Å². The number of aliphatic hydroxyl groups is 1. The van der Waals surface area contributed by atoms with Crippen LogP contribution in [0.2, 0.25) is 0 Å². The molecule has 0 amide bonds. The van der Waals surface area contributed by atoms with Gasteiger partial charge in [0, 0.05) is 12.6 Å². The number of rotatable bonds is 5. The molecule has 0 aliphatic carbocycles. The van der Waals surface area contributed by atoms with Gasteiger partial charge >= 0.3 is 0 Å². The lowest BCUT2D eigenvalue weighted by Crippen LogP contribution is -2.44. The first kappa shape index (κ1) is 16.3. The highest BCUT2D eigenvalue weighted by atomic mass is 16.5. The van der Waals surface area contributed by atoms with Gasteiger partial charge in [-0.2, -0.15) is 0 Å². The second-order valence-corrected chi connectivity index (χ2v) is 6.92. The van der Waals surface area contributed by atoms with Gasteiger partial charge in [0.05, 0.1) is 24.4 Å². The van der Waals surface area contributed by atoms with Crippen LogP contribution >= 0.6 is 0 Å². The molecule has 1 aromatic rings. The minimum absolute atomic E-state index is 0.123. The zero-order valence-electron chi connectivity index (χ0n) is 13.6. The first-order valence-electron chi connectivity index (χ1n) is 7.49. The SMILES string of the molecule is COc1cccc([C@@H](O)CN[C@@H]2CC(C)(C)OC2(C)C)c1. The second kappa shape index (κ2) is 5.95. The van der Waals surface area contributed by atoms with E-state index in [9.17, 15) is 5.11 Å². The van der Waals surface area contributed by atoms with E-state index in [0.29, 0.717) is 6.54 Å². The number of nitrogens with one attached hydrogen (secondary N) is 1. The van der Waals surface area contributed by atoms with Crippen molar-refractivity contribution in [1.82, 2.24) is 5.32 Å². The normalized spacial score (nSPS) is 24.8. The van der Waals surface area contributed by atoms with Crippen molar-refractivity contribution in [2.75, 3.05) is 13.7 Å². The van der Waals surface area contributed by atoms with Crippen molar-refractivity contribution in [2.45, 2.75) is 57.5 Å². The summed E-state index contributed by atoms with van der Waals surface area (Å²) in [7, 11) is 1.63. The Morgan fingerprint density at radius 1 is 1.38 bits per heavy atom. The summed E-state index contributed by atoms with van der Waals surface area (Å²) in [5.74, 6) is 0.761. The van der Waals surface area contributed by atoms with Crippen LogP contribution in [0.3, 0.4) is 0 Å². The van der Waals surface area contributed by atoms with Gasteiger partial charge in [-0.15, -0.1) is 0 Å². The van der Waals surface area contributed by atoms with Crippen LogP contribution in [0, 0.1) is 0 Å². The van der Waals surface area contributed by atoms with Crippen LogP contribution in [0.1, 0.15) is 45.8 Å². The largest absolute Gasteiger partial charge is 0.497 e. The summed E-state index contributed by atoms with van der Waals surface area (Å²) < 4.78 is 11.3. The Bertz CT molecular complexity index is 485. The average Bonchev–Trinajstić information content (AvgIpc) is 2.63. The molecular weight excluding hydrogens is 266 g/mol. The highest BCUT2D eigenvalue weighted by Gasteiger charge is 2.45. The van der Waals surface area contributed by atoms with Gasteiger partial charge in [-0.25, -0.2) is 0 Å². The smallest absolute Gasteiger partial charge is 0.119 e. The predicted molar refractivity (Wildman–Crippen MR) is 83.6 cm³/mol. The van der Waals surface area contributed by atoms with Gasteiger partial charge in [0.25, 0.3) is 0 Å². The standard InChI is InChI=1S/C17H27NO3/c1-16(2)10-15(17(3,4)21-16)18-11-14(19)12-7-6-8-13(9-12)20-5/h6-9,14-15,18-19H,10-11H2,1-5H3/t14-,15+/m0/s1. The van der Waals surface area contributed by atoms with E-state index < -0.39 is 6.10 Å². The minimum Gasteiger partial charge on any atom is -0.497 e. The van der Waals surface area contributed by atoms with Gasteiger partial charge < -0.3 is 19.9 Å². The molecule has 21 heavy (non-hydrogen) atoms. The zero-order valence-corrected chi connectivity index (χ0v) is 13.6. The van der Waals surface area contributed by atoms with Gasteiger partial charge in [-0.3, -0.25) is 0 Å². The fourth-order valence-corrected chi connectivity index (χ4v) is 3.10. The second-order valence-electron chi connectivity index (χ2n) is 6.92. The molecule has 1 heterocycles. The van der Waals surface area contributed by atoms with Gasteiger partial charge in [0.2, 0.25) is 0 Å². The lowest BCUT2D eigenvalue weighted by molar-refractivity contribution is -0.0702. The maximum absolute atomic E-state index is 10.3. The lowest BCUT2D eigenvalue weighted by Gasteiger charge is -2.28. The van der Waals surface area contributed by atoms with Crippen molar-refractivity contribution >= 4 is 0 Å². The molecule has 4 heteroatoms. The molecule has 1 fully saturated rings. The van der Waals surface area contributed by atoms with E-state index in [1.54, 1.807) is 7.11 Å². The Hall–Kier alpha value is -1.10. The predicted octanol–water partition coefficient (Wildman–Crippen LogP) is 2.66. The molecule has 1 aliphatic rings. The number of methoxy groups -OCH3 is 1. The third-order valence-corrected chi connectivity index (χ3v) is 4.11. The molecule has 2 N–H and O–H groups in total. The van der Waals surface area contributed by atoms with E-state index >= 15 is 0 Å². The van der Waals surface area contributed by atoms with E-state index in [1.165, 1.54) is 0 Å². The Morgan fingerprint density at radius 3 is 2.67 bits per heavy atom. The van der Waals surface area contributed by atoms with E-state index in [1.807, 2.05) is 24.3 Å². The molecule has 1 aliphatic heterocycles. The fourth-order valence-electron chi connectivity index (χ4n) is 3.10. The molecule has 2 atom stereocenters. The third kappa shape index (κ3) is 3.96. The molecule has 2 rings (SSSR count). The third-order valence-electron chi connectivity index (χ3n) is 4.11. The Kier molecular flexibility index (Phi) is 4.61. The molecule has 4 nitrogen and oxygen atoms in total. The first-order valence-corrected chi connectivity index (χ1v) is 7.49. The van der Waals surface area contributed by atoms with Crippen molar-refractivity contribution in [3.8, 4) is 5.75 Å². The summed E-state index contributed by atoms with van der Waals surface area (Å²) in [4.78, 5) is 0. The number of hydrogen-bond acceptors (Lipinski definition) is 4. The van der Waals surface area contributed by atoms with Crippen LogP contribution < -0.4 is 10.1 Å². The molecular formula is C17H27NO3. The molecule has 118 valence electrons. The molecule has 0 bridgehead atoms. The highest BCUT2D eigenvalue weighted by Crippen LogP contribution is 2.37. The molecule has 0 saturated carbocycles. The molecule has 1 saturated heterocycles. The topological polar surface area (TPSA) is 50.7 Å². The van der Waals surface area contributed by atoms with E-state index in [0.717, 1.165) is 17.7 Å². The zero-order chi connectivity index (χ0) is 15.7. The lowest BCUT2D eigenvalue weighted by atomic mass is 9.94. The minimum atomic E-state index is -0.556.